The maximum Gasteiger partial charge on any atom is 0.321 e. The molecule has 0 spiro atoms. The molecule has 17 heavy (non-hydrogen) atoms. The van der Waals surface area contributed by atoms with Crippen molar-refractivity contribution in [2.45, 2.75) is 11.4 Å². The Labute approximate surface area is 112 Å². The third-order valence-electron chi connectivity index (χ3n) is 2.57. The van der Waals surface area contributed by atoms with Gasteiger partial charge in [0.05, 0.1) is 12.5 Å². The van der Waals surface area contributed by atoms with Crippen molar-refractivity contribution in [3.8, 4) is 5.75 Å². The van der Waals surface area contributed by atoms with E-state index < -0.39 is 12.0 Å². The number of thioether (sulfide) groups is 1. The predicted octanol–water partition coefficient (Wildman–Crippen LogP) is 2.25. The van der Waals surface area contributed by atoms with Crippen molar-refractivity contribution >= 4 is 33.7 Å². The van der Waals surface area contributed by atoms with Crippen molar-refractivity contribution in [3.63, 3.8) is 0 Å². The molecule has 1 aliphatic rings. The minimum absolute atomic E-state index is 0.0134. The Morgan fingerprint density at radius 3 is 3.00 bits per heavy atom. The summed E-state index contributed by atoms with van der Waals surface area (Å²) in [5, 5.41) is 12.0. The lowest BCUT2D eigenvalue weighted by Crippen LogP contribution is -2.33. The zero-order valence-electron chi connectivity index (χ0n) is 9.14. The number of methoxy groups -OCH3 is 1. The molecular formula is C11H12BrNO3S. The molecule has 4 nitrogen and oxygen atoms in total. The Balaban J connectivity index is 2.20. The molecule has 92 valence electrons. The molecule has 1 heterocycles. The molecule has 2 atom stereocenters. The smallest absolute Gasteiger partial charge is 0.321 e. The van der Waals surface area contributed by atoms with E-state index in [0.29, 0.717) is 5.75 Å². The molecule has 1 fully saturated rings. The number of carboxylic acid groups (broad SMARTS) is 1. The van der Waals surface area contributed by atoms with Crippen molar-refractivity contribution in [2.75, 3.05) is 12.9 Å². The average Bonchev–Trinajstić information content (AvgIpc) is 2.79. The molecule has 0 radical (unpaired) electrons. The Morgan fingerprint density at radius 1 is 1.65 bits per heavy atom. The second-order valence-electron chi connectivity index (χ2n) is 3.66. The summed E-state index contributed by atoms with van der Waals surface area (Å²) in [6.07, 6.45) is 0. The van der Waals surface area contributed by atoms with Crippen LogP contribution >= 0.6 is 27.7 Å². The number of hydrogen-bond donors (Lipinski definition) is 2. The number of aliphatic carboxylic acids is 1. The van der Waals surface area contributed by atoms with E-state index in [1.54, 1.807) is 18.9 Å². The molecule has 1 unspecified atom stereocenters. The SMILES string of the molecule is COc1ccc(Br)c(C2N[C@H](C(=O)O)CS2)c1. The lowest BCUT2D eigenvalue weighted by Gasteiger charge is -2.14. The summed E-state index contributed by atoms with van der Waals surface area (Å²) in [4.78, 5) is 10.9. The number of carboxylic acids is 1. The third-order valence-corrected chi connectivity index (χ3v) is 4.54. The third kappa shape index (κ3) is 2.75. The van der Waals surface area contributed by atoms with E-state index in [9.17, 15) is 4.79 Å². The van der Waals surface area contributed by atoms with Crippen LogP contribution in [0.5, 0.6) is 5.75 Å². The quantitative estimate of drug-likeness (QED) is 0.895. The monoisotopic (exact) mass is 317 g/mol. The molecule has 2 N–H and O–H groups in total. The van der Waals surface area contributed by atoms with Crippen molar-refractivity contribution in [1.82, 2.24) is 5.32 Å². The van der Waals surface area contributed by atoms with Crippen molar-refractivity contribution in [2.24, 2.45) is 0 Å². The van der Waals surface area contributed by atoms with Gasteiger partial charge in [-0.3, -0.25) is 10.1 Å². The van der Waals surface area contributed by atoms with Crippen LogP contribution in [0.25, 0.3) is 0 Å². The van der Waals surface area contributed by atoms with E-state index >= 15 is 0 Å². The summed E-state index contributed by atoms with van der Waals surface area (Å²) < 4.78 is 6.12. The van der Waals surface area contributed by atoms with Gasteiger partial charge in [0.2, 0.25) is 0 Å². The van der Waals surface area contributed by atoms with Crippen LogP contribution in [0.3, 0.4) is 0 Å². The maximum atomic E-state index is 10.9. The van der Waals surface area contributed by atoms with E-state index in [2.05, 4.69) is 21.2 Å². The first kappa shape index (κ1) is 12.7. The molecular weight excluding hydrogens is 306 g/mol. The molecule has 1 aromatic carbocycles. The van der Waals surface area contributed by atoms with Crippen molar-refractivity contribution < 1.29 is 14.6 Å². The molecule has 0 saturated carbocycles. The Morgan fingerprint density at radius 2 is 2.41 bits per heavy atom. The van der Waals surface area contributed by atoms with Gasteiger partial charge in [0.25, 0.3) is 0 Å². The number of carbonyl (C=O) groups is 1. The molecule has 2 rings (SSSR count). The number of rotatable bonds is 3. The van der Waals surface area contributed by atoms with Crippen LogP contribution in [0.1, 0.15) is 10.9 Å². The maximum absolute atomic E-state index is 10.9. The highest BCUT2D eigenvalue weighted by atomic mass is 79.9. The van der Waals surface area contributed by atoms with Gasteiger partial charge in [0.1, 0.15) is 11.8 Å². The standard InChI is InChI=1S/C11H12BrNO3S/c1-16-6-2-3-8(12)7(4-6)10-13-9(5-17-10)11(14)15/h2-4,9-10,13H,5H2,1H3,(H,14,15)/t9-,10?/m0/s1. The highest BCUT2D eigenvalue weighted by Crippen LogP contribution is 2.38. The highest BCUT2D eigenvalue weighted by molar-refractivity contribution is 9.10. The number of benzene rings is 1. The summed E-state index contributed by atoms with van der Waals surface area (Å²) in [5.74, 6) is 0.535. The van der Waals surface area contributed by atoms with Gasteiger partial charge < -0.3 is 9.84 Å². The van der Waals surface area contributed by atoms with Gasteiger partial charge in [0.15, 0.2) is 0 Å². The molecule has 1 aromatic rings. The van der Waals surface area contributed by atoms with Gasteiger partial charge in [-0.25, -0.2) is 0 Å². The summed E-state index contributed by atoms with van der Waals surface area (Å²) >= 11 is 5.06. The molecule has 1 aliphatic heterocycles. The fourth-order valence-corrected chi connectivity index (χ4v) is 3.53. The zero-order valence-corrected chi connectivity index (χ0v) is 11.5. The number of nitrogens with one attached hydrogen (secondary N) is 1. The van der Waals surface area contributed by atoms with Crippen LogP contribution in [0.4, 0.5) is 0 Å². The van der Waals surface area contributed by atoms with Crippen LogP contribution in [0.2, 0.25) is 0 Å². The van der Waals surface area contributed by atoms with E-state index in [1.165, 1.54) is 0 Å². The lowest BCUT2D eigenvalue weighted by atomic mass is 10.2. The van der Waals surface area contributed by atoms with Gasteiger partial charge in [-0.2, -0.15) is 0 Å². The number of hydrogen-bond acceptors (Lipinski definition) is 4. The first-order valence-corrected chi connectivity index (χ1v) is 6.90. The minimum atomic E-state index is -0.806. The molecule has 0 bridgehead atoms. The fraction of sp³-hybridized carbons (Fsp3) is 0.364. The first-order chi connectivity index (χ1) is 8.11. The van der Waals surface area contributed by atoms with E-state index in [4.69, 9.17) is 9.84 Å². The summed E-state index contributed by atoms with van der Waals surface area (Å²) in [7, 11) is 1.61. The average molecular weight is 318 g/mol. The highest BCUT2D eigenvalue weighted by Gasteiger charge is 2.31. The Kier molecular flexibility index (Phi) is 3.96. The van der Waals surface area contributed by atoms with Crippen LogP contribution < -0.4 is 10.1 Å². The van der Waals surface area contributed by atoms with Crippen molar-refractivity contribution in [1.29, 1.82) is 0 Å². The number of halogens is 1. The second-order valence-corrected chi connectivity index (χ2v) is 5.65. The van der Waals surface area contributed by atoms with Gasteiger partial charge in [-0.15, -0.1) is 11.8 Å². The summed E-state index contributed by atoms with van der Waals surface area (Å²) in [5.41, 5.74) is 1.01. The molecule has 0 aliphatic carbocycles. The van der Waals surface area contributed by atoms with Crippen LogP contribution in [0, 0.1) is 0 Å². The van der Waals surface area contributed by atoms with Crippen LogP contribution in [-0.4, -0.2) is 30.0 Å². The zero-order chi connectivity index (χ0) is 12.4. The number of ether oxygens (including phenoxy) is 1. The van der Waals surface area contributed by atoms with E-state index in [-0.39, 0.29) is 5.37 Å². The predicted molar refractivity (Wildman–Crippen MR) is 70.5 cm³/mol. The largest absolute Gasteiger partial charge is 0.497 e. The molecule has 0 aromatic heterocycles. The molecule has 1 saturated heterocycles. The lowest BCUT2D eigenvalue weighted by molar-refractivity contribution is -0.138. The van der Waals surface area contributed by atoms with Crippen LogP contribution in [-0.2, 0) is 4.79 Å². The molecule has 0 amide bonds. The van der Waals surface area contributed by atoms with E-state index in [0.717, 1.165) is 15.8 Å². The Bertz CT molecular complexity index is 441. The topological polar surface area (TPSA) is 58.6 Å². The van der Waals surface area contributed by atoms with Crippen molar-refractivity contribution in [3.05, 3.63) is 28.2 Å². The molecule has 6 heteroatoms. The van der Waals surface area contributed by atoms with Gasteiger partial charge >= 0.3 is 5.97 Å². The normalized spacial score (nSPS) is 23.6. The Hall–Kier alpha value is -0.720. The van der Waals surface area contributed by atoms with Gasteiger partial charge in [-0.05, 0) is 23.8 Å². The summed E-state index contributed by atoms with van der Waals surface area (Å²) in [6.45, 7) is 0. The summed E-state index contributed by atoms with van der Waals surface area (Å²) in [6, 6.07) is 5.20. The van der Waals surface area contributed by atoms with Crippen LogP contribution in [0.15, 0.2) is 22.7 Å². The van der Waals surface area contributed by atoms with Gasteiger partial charge in [-0.1, -0.05) is 15.9 Å². The fourth-order valence-electron chi connectivity index (χ4n) is 1.64. The van der Waals surface area contributed by atoms with E-state index in [1.807, 2.05) is 18.2 Å². The van der Waals surface area contributed by atoms with Gasteiger partial charge in [0, 0.05) is 10.2 Å². The first-order valence-electron chi connectivity index (χ1n) is 5.05. The minimum Gasteiger partial charge on any atom is -0.497 e. The second kappa shape index (κ2) is 5.29.